The molecule has 7 heteroatoms. The first-order valence-corrected chi connectivity index (χ1v) is 6.23. The van der Waals surface area contributed by atoms with Crippen LogP contribution in [0.25, 0.3) is 10.9 Å². The summed E-state index contributed by atoms with van der Waals surface area (Å²) >= 11 is 0. The van der Waals surface area contributed by atoms with E-state index in [1.54, 1.807) is 18.2 Å². The molecule has 0 amide bonds. The number of fused-ring (bicyclic) bond motifs is 1. The lowest BCUT2D eigenvalue weighted by Gasteiger charge is -1.98. The molecule has 15 heavy (non-hydrogen) atoms. The number of hydrogen-bond donors (Lipinski definition) is 1. The first-order valence-electron chi connectivity index (χ1n) is 3.92. The molecule has 1 heterocycles. The highest BCUT2D eigenvalue weighted by atomic mass is 35.7. The monoisotopic (exact) mass is 244 g/mol. The molecule has 1 aromatic carbocycles. The molecule has 1 aromatic heterocycles. The van der Waals surface area contributed by atoms with Gasteiger partial charge in [0, 0.05) is 10.7 Å². The number of benzene rings is 1. The van der Waals surface area contributed by atoms with Crippen molar-refractivity contribution in [1.29, 1.82) is 0 Å². The second kappa shape index (κ2) is 3.32. The summed E-state index contributed by atoms with van der Waals surface area (Å²) < 4.78 is 21.9. The number of hydrogen-bond acceptors (Lipinski definition) is 4. The number of halogens is 1. The third kappa shape index (κ3) is 1.86. The van der Waals surface area contributed by atoms with Crippen molar-refractivity contribution in [3.8, 4) is 0 Å². The van der Waals surface area contributed by atoms with Gasteiger partial charge in [-0.25, -0.2) is 13.4 Å². The van der Waals surface area contributed by atoms with Gasteiger partial charge in [-0.3, -0.25) is 9.78 Å². The summed E-state index contributed by atoms with van der Waals surface area (Å²) in [6.45, 7) is 0. The number of para-hydroxylation sites is 1. The zero-order valence-corrected chi connectivity index (χ0v) is 8.84. The second-order valence-electron chi connectivity index (χ2n) is 2.83. The van der Waals surface area contributed by atoms with Crippen LogP contribution in [-0.4, -0.2) is 18.4 Å². The molecular weight excluding hydrogens is 240 g/mol. The maximum atomic E-state index is 11.4. The SMILES string of the molecule is O=c1[nH]c(S(=O)(=O)Cl)nc2ccccc12. The third-order valence-corrected chi connectivity index (χ3v) is 2.92. The van der Waals surface area contributed by atoms with Crippen LogP contribution in [0.4, 0.5) is 0 Å². The van der Waals surface area contributed by atoms with Crippen LogP contribution in [0.5, 0.6) is 0 Å². The standard InChI is InChI=1S/C8H5ClN2O3S/c9-15(13,14)8-10-6-4-2-1-3-5(6)7(12)11-8/h1-4H,(H,10,11,12). The molecule has 2 aromatic rings. The predicted octanol–water partition coefficient (Wildman–Crippen LogP) is 0.851. The highest BCUT2D eigenvalue weighted by molar-refractivity contribution is 8.13. The Morgan fingerprint density at radius 2 is 1.93 bits per heavy atom. The van der Waals surface area contributed by atoms with E-state index in [0.29, 0.717) is 10.9 Å². The lowest BCUT2D eigenvalue weighted by Crippen LogP contribution is -2.13. The van der Waals surface area contributed by atoms with E-state index in [-0.39, 0.29) is 0 Å². The highest BCUT2D eigenvalue weighted by Gasteiger charge is 2.14. The number of aromatic nitrogens is 2. The van der Waals surface area contributed by atoms with Gasteiger partial charge in [-0.2, -0.15) is 0 Å². The molecule has 0 fully saturated rings. The average molecular weight is 245 g/mol. The molecular formula is C8H5ClN2O3S. The molecule has 0 aliphatic carbocycles. The predicted molar refractivity (Wildman–Crippen MR) is 55.4 cm³/mol. The molecule has 5 nitrogen and oxygen atoms in total. The van der Waals surface area contributed by atoms with Gasteiger partial charge in [0.1, 0.15) is 0 Å². The number of aromatic amines is 1. The fourth-order valence-electron chi connectivity index (χ4n) is 1.18. The first-order chi connectivity index (χ1) is 6.98. The minimum absolute atomic E-state index is 0.292. The Kier molecular flexibility index (Phi) is 2.24. The summed E-state index contributed by atoms with van der Waals surface area (Å²) in [6, 6.07) is 6.40. The van der Waals surface area contributed by atoms with E-state index >= 15 is 0 Å². The van der Waals surface area contributed by atoms with Crippen LogP contribution in [0.2, 0.25) is 0 Å². The van der Waals surface area contributed by atoms with Crippen molar-refractivity contribution in [2.45, 2.75) is 5.16 Å². The summed E-state index contributed by atoms with van der Waals surface area (Å²) in [5, 5.41) is -0.213. The minimum Gasteiger partial charge on any atom is -0.296 e. The lowest BCUT2D eigenvalue weighted by atomic mass is 10.2. The molecule has 78 valence electrons. The fraction of sp³-hybridized carbons (Fsp3) is 0. The van der Waals surface area contributed by atoms with Crippen molar-refractivity contribution in [3.05, 3.63) is 34.6 Å². The Hall–Kier alpha value is -1.40. The van der Waals surface area contributed by atoms with Crippen LogP contribution < -0.4 is 5.56 Å². The molecule has 0 bridgehead atoms. The van der Waals surface area contributed by atoms with Crippen LogP contribution in [0, 0.1) is 0 Å². The van der Waals surface area contributed by atoms with E-state index in [1.165, 1.54) is 6.07 Å². The third-order valence-electron chi connectivity index (χ3n) is 1.82. The zero-order chi connectivity index (χ0) is 11.1. The van der Waals surface area contributed by atoms with Crippen LogP contribution in [0.1, 0.15) is 0 Å². The zero-order valence-electron chi connectivity index (χ0n) is 7.27. The number of nitrogens with zero attached hydrogens (tertiary/aromatic N) is 1. The molecule has 2 rings (SSSR count). The number of rotatable bonds is 1. The smallest absolute Gasteiger partial charge is 0.294 e. The molecule has 1 N–H and O–H groups in total. The van der Waals surface area contributed by atoms with Crippen molar-refractivity contribution >= 4 is 30.6 Å². The summed E-state index contributed by atoms with van der Waals surface area (Å²) in [7, 11) is 1.06. The number of nitrogens with one attached hydrogen (secondary N) is 1. The molecule has 0 saturated carbocycles. The van der Waals surface area contributed by atoms with Gasteiger partial charge in [-0.1, -0.05) is 12.1 Å². The molecule has 0 unspecified atom stereocenters. The Labute approximate surface area is 89.1 Å². The van der Waals surface area contributed by atoms with E-state index in [9.17, 15) is 13.2 Å². The maximum Gasteiger partial charge on any atom is 0.294 e. The Morgan fingerprint density at radius 3 is 2.60 bits per heavy atom. The van der Waals surface area contributed by atoms with Crippen LogP contribution in [0.15, 0.2) is 34.2 Å². The van der Waals surface area contributed by atoms with Gasteiger partial charge >= 0.3 is 0 Å². The summed E-state index contributed by atoms with van der Waals surface area (Å²) in [5.74, 6) is 0. The van der Waals surface area contributed by atoms with E-state index in [2.05, 4.69) is 9.97 Å². The summed E-state index contributed by atoms with van der Waals surface area (Å²) in [5.41, 5.74) is -0.236. The molecule has 0 aliphatic heterocycles. The van der Waals surface area contributed by atoms with Crippen molar-refractivity contribution in [1.82, 2.24) is 9.97 Å². The molecule has 0 radical (unpaired) electrons. The summed E-state index contributed by atoms with van der Waals surface area (Å²) in [6.07, 6.45) is 0. The maximum absolute atomic E-state index is 11.4. The topological polar surface area (TPSA) is 79.9 Å². The number of H-pyrrole nitrogens is 1. The van der Waals surface area contributed by atoms with Gasteiger partial charge in [-0.05, 0) is 12.1 Å². The van der Waals surface area contributed by atoms with Gasteiger partial charge in [0.2, 0.25) is 5.16 Å². The van der Waals surface area contributed by atoms with E-state index < -0.39 is 19.8 Å². The van der Waals surface area contributed by atoms with Crippen molar-refractivity contribution in [3.63, 3.8) is 0 Å². The fourth-order valence-corrected chi connectivity index (χ4v) is 1.82. The largest absolute Gasteiger partial charge is 0.296 e. The molecule has 0 spiro atoms. The van der Waals surface area contributed by atoms with Crippen LogP contribution >= 0.6 is 10.7 Å². The first kappa shape index (κ1) is 10.1. The molecule has 0 saturated heterocycles. The van der Waals surface area contributed by atoms with E-state index in [0.717, 1.165) is 0 Å². The summed E-state index contributed by atoms with van der Waals surface area (Å²) in [4.78, 5) is 17.3. The van der Waals surface area contributed by atoms with E-state index in [4.69, 9.17) is 10.7 Å². The van der Waals surface area contributed by atoms with Crippen molar-refractivity contribution in [2.24, 2.45) is 0 Å². The molecule has 0 atom stereocenters. The van der Waals surface area contributed by atoms with Gasteiger partial charge < -0.3 is 0 Å². The molecule has 0 aliphatic rings. The Morgan fingerprint density at radius 1 is 1.27 bits per heavy atom. The minimum atomic E-state index is -4.01. The van der Waals surface area contributed by atoms with Crippen LogP contribution in [-0.2, 0) is 9.05 Å². The quantitative estimate of drug-likeness (QED) is 0.596. The Balaban J connectivity index is 2.91. The second-order valence-corrected chi connectivity index (χ2v) is 5.31. The van der Waals surface area contributed by atoms with Gasteiger partial charge in [-0.15, -0.1) is 0 Å². The van der Waals surface area contributed by atoms with Crippen molar-refractivity contribution < 1.29 is 8.42 Å². The lowest BCUT2D eigenvalue weighted by molar-refractivity contribution is 0.601. The van der Waals surface area contributed by atoms with Gasteiger partial charge in [0.25, 0.3) is 14.6 Å². The van der Waals surface area contributed by atoms with Crippen LogP contribution in [0.3, 0.4) is 0 Å². The Bertz CT molecular complexity index is 678. The highest BCUT2D eigenvalue weighted by Crippen LogP contribution is 2.11. The van der Waals surface area contributed by atoms with Crippen molar-refractivity contribution in [2.75, 3.05) is 0 Å². The van der Waals surface area contributed by atoms with E-state index in [1.807, 2.05) is 0 Å². The average Bonchev–Trinajstić information content (AvgIpc) is 2.16. The van der Waals surface area contributed by atoms with Gasteiger partial charge in [0.05, 0.1) is 10.9 Å². The van der Waals surface area contributed by atoms with Gasteiger partial charge in [0.15, 0.2) is 0 Å². The normalized spacial score (nSPS) is 11.8.